The van der Waals surface area contributed by atoms with Gasteiger partial charge in [0.2, 0.25) is 5.91 Å². The van der Waals surface area contributed by atoms with Gasteiger partial charge >= 0.3 is 7.82 Å². The minimum atomic E-state index is -4.37. The monoisotopic (exact) mass is 763 g/mol. The third-order valence-corrected chi connectivity index (χ3v) is 11.2. The van der Waals surface area contributed by atoms with Gasteiger partial charge in [-0.1, -0.05) is 206 Å². The molecule has 0 spiro atoms. The van der Waals surface area contributed by atoms with Crippen molar-refractivity contribution in [2.75, 3.05) is 19.8 Å². The minimum absolute atomic E-state index is 0.0625. The number of aliphatic hydroxyl groups is 2. The minimum Gasteiger partial charge on any atom is -0.393 e. The van der Waals surface area contributed by atoms with E-state index in [9.17, 15) is 24.5 Å². The van der Waals surface area contributed by atoms with Crippen LogP contribution < -0.4 is 11.1 Å². The normalized spacial score (nSPS) is 14.7. The number of rotatable bonds is 42. The molecule has 4 unspecified atom stereocenters. The summed E-state index contributed by atoms with van der Waals surface area (Å²) in [5.41, 5.74) is 5.36. The second-order valence-electron chi connectivity index (χ2n) is 15.5. The maximum atomic E-state index is 12.8. The molecule has 4 atom stereocenters. The summed E-state index contributed by atoms with van der Waals surface area (Å²) >= 11 is 0. The number of carbonyl (C=O) groups excluding carboxylic acids is 1. The summed E-state index contributed by atoms with van der Waals surface area (Å²) in [7, 11) is -4.37. The standard InChI is InChI=1S/C42H87N2O7P/c1-3-5-7-9-11-13-15-17-18-19-20-21-22-23-25-27-29-31-33-39(45)37-42(47)44-40(38-51-52(48,49)50-36-35-43)41(46)34-32-30-28-26-24-16-14-12-10-8-6-4-2/h39-41,45-46H,3-38,43H2,1-2H3,(H,44,47)(H,48,49). The predicted molar refractivity (Wildman–Crippen MR) is 218 cm³/mol. The first-order valence-electron chi connectivity index (χ1n) is 22.2. The highest BCUT2D eigenvalue weighted by molar-refractivity contribution is 7.47. The van der Waals surface area contributed by atoms with Crippen molar-refractivity contribution < 1.29 is 33.5 Å². The lowest BCUT2D eigenvalue weighted by atomic mass is 10.0. The van der Waals surface area contributed by atoms with Crippen LogP contribution in [0, 0.1) is 0 Å². The van der Waals surface area contributed by atoms with Crippen molar-refractivity contribution >= 4 is 13.7 Å². The first-order chi connectivity index (χ1) is 25.3. The number of hydrogen-bond acceptors (Lipinski definition) is 7. The highest BCUT2D eigenvalue weighted by Gasteiger charge is 2.28. The van der Waals surface area contributed by atoms with Crippen LogP contribution >= 0.6 is 7.82 Å². The number of nitrogens with one attached hydrogen (secondary N) is 1. The van der Waals surface area contributed by atoms with Crippen molar-refractivity contribution in [3.63, 3.8) is 0 Å². The van der Waals surface area contributed by atoms with Gasteiger partial charge < -0.3 is 26.2 Å². The zero-order valence-corrected chi connectivity index (χ0v) is 35.1. The first-order valence-corrected chi connectivity index (χ1v) is 23.7. The van der Waals surface area contributed by atoms with Crippen LogP contribution in [-0.4, -0.2) is 59.0 Å². The number of nitrogens with two attached hydrogens (primary N) is 1. The Morgan fingerprint density at radius 3 is 1.29 bits per heavy atom. The number of phosphoric acid groups is 1. The molecule has 0 fully saturated rings. The average molecular weight is 763 g/mol. The Balaban J connectivity index is 4.17. The Bertz CT molecular complexity index is 806. The molecular formula is C42H87N2O7P. The molecule has 0 saturated carbocycles. The number of carbonyl (C=O) groups is 1. The number of aliphatic hydroxyl groups excluding tert-OH is 2. The molecule has 52 heavy (non-hydrogen) atoms. The summed E-state index contributed by atoms with van der Waals surface area (Å²) in [6, 6.07) is -0.889. The van der Waals surface area contributed by atoms with Crippen molar-refractivity contribution in [1.29, 1.82) is 0 Å². The highest BCUT2D eigenvalue weighted by Crippen LogP contribution is 2.43. The zero-order valence-electron chi connectivity index (χ0n) is 34.2. The summed E-state index contributed by atoms with van der Waals surface area (Å²) in [6.45, 7) is 4.06. The topological polar surface area (TPSA) is 151 Å². The summed E-state index contributed by atoms with van der Waals surface area (Å²) in [4.78, 5) is 22.8. The van der Waals surface area contributed by atoms with Gasteiger partial charge in [-0.05, 0) is 12.8 Å². The van der Waals surface area contributed by atoms with Crippen LogP contribution in [0.2, 0.25) is 0 Å². The molecule has 0 aromatic heterocycles. The number of hydrogen-bond donors (Lipinski definition) is 5. The largest absolute Gasteiger partial charge is 0.472 e. The molecular weight excluding hydrogens is 675 g/mol. The van der Waals surface area contributed by atoms with Crippen LogP contribution in [0.5, 0.6) is 0 Å². The Kier molecular flexibility index (Phi) is 38.3. The molecule has 0 aliphatic heterocycles. The van der Waals surface area contributed by atoms with Gasteiger partial charge in [-0.25, -0.2) is 4.57 Å². The molecule has 0 aromatic carbocycles. The van der Waals surface area contributed by atoms with Crippen LogP contribution in [0.1, 0.15) is 226 Å². The molecule has 0 aliphatic rings. The van der Waals surface area contributed by atoms with Gasteiger partial charge in [0, 0.05) is 6.54 Å². The molecule has 0 saturated heterocycles. The third-order valence-electron chi connectivity index (χ3n) is 10.3. The fourth-order valence-corrected chi connectivity index (χ4v) is 7.65. The van der Waals surface area contributed by atoms with Crippen LogP contribution in [0.4, 0.5) is 0 Å². The smallest absolute Gasteiger partial charge is 0.393 e. The zero-order chi connectivity index (χ0) is 38.4. The molecule has 0 rings (SSSR count). The molecule has 9 nitrogen and oxygen atoms in total. The second kappa shape index (κ2) is 38.7. The van der Waals surface area contributed by atoms with Gasteiger partial charge in [0.15, 0.2) is 0 Å². The van der Waals surface area contributed by atoms with E-state index in [-0.39, 0.29) is 26.2 Å². The van der Waals surface area contributed by atoms with E-state index in [2.05, 4.69) is 19.2 Å². The Hall–Kier alpha value is -0.540. The average Bonchev–Trinajstić information content (AvgIpc) is 3.12. The van der Waals surface area contributed by atoms with Crippen LogP contribution in [0.15, 0.2) is 0 Å². The van der Waals surface area contributed by atoms with E-state index in [0.717, 1.165) is 38.5 Å². The first kappa shape index (κ1) is 51.5. The van der Waals surface area contributed by atoms with Gasteiger partial charge in [0.05, 0.1) is 37.9 Å². The van der Waals surface area contributed by atoms with Gasteiger partial charge in [0.1, 0.15) is 0 Å². The Labute approximate surface area is 321 Å². The summed E-state index contributed by atoms with van der Waals surface area (Å²) < 4.78 is 22.1. The third kappa shape index (κ3) is 36.4. The highest BCUT2D eigenvalue weighted by atomic mass is 31.2. The van der Waals surface area contributed by atoms with Gasteiger partial charge in [-0.15, -0.1) is 0 Å². The van der Waals surface area contributed by atoms with Crippen LogP contribution in [0.3, 0.4) is 0 Å². The fraction of sp³-hybridized carbons (Fsp3) is 0.976. The van der Waals surface area contributed by atoms with Gasteiger partial charge in [-0.2, -0.15) is 0 Å². The van der Waals surface area contributed by atoms with E-state index in [1.54, 1.807) is 0 Å². The van der Waals surface area contributed by atoms with E-state index in [1.807, 2.05) is 0 Å². The molecule has 1 amide bonds. The SMILES string of the molecule is CCCCCCCCCCCCCCCCCCCCC(O)CC(=O)NC(COP(=O)(O)OCCN)C(O)CCCCCCCCCCCCCC. The molecule has 10 heteroatoms. The van der Waals surface area contributed by atoms with Crippen LogP contribution in [-0.2, 0) is 18.4 Å². The fourth-order valence-electron chi connectivity index (χ4n) is 6.89. The lowest BCUT2D eigenvalue weighted by molar-refractivity contribution is -0.125. The maximum absolute atomic E-state index is 12.8. The molecule has 0 radical (unpaired) electrons. The predicted octanol–water partition coefficient (Wildman–Crippen LogP) is 11.2. The van der Waals surface area contributed by atoms with E-state index < -0.39 is 32.0 Å². The molecule has 0 heterocycles. The summed E-state index contributed by atoms with van der Waals surface area (Å²) in [6.07, 6.45) is 37.2. The molecule has 0 aromatic rings. The van der Waals surface area contributed by atoms with Crippen LogP contribution in [0.25, 0.3) is 0 Å². The van der Waals surface area contributed by atoms with Crippen molar-refractivity contribution in [3.05, 3.63) is 0 Å². The molecule has 312 valence electrons. The van der Waals surface area contributed by atoms with Gasteiger partial charge in [-0.3, -0.25) is 13.8 Å². The number of amides is 1. The van der Waals surface area contributed by atoms with Crippen molar-refractivity contribution in [2.45, 2.75) is 244 Å². The van der Waals surface area contributed by atoms with Crippen molar-refractivity contribution in [1.82, 2.24) is 5.32 Å². The van der Waals surface area contributed by atoms with Crippen molar-refractivity contribution in [3.8, 4) is 0 Å². The van der Waals surface area contributed by atoms with E-state index in [1.165, 1.54) is 154 Å². The van der Waals surface area contributed by atoms with E-state index >= 15 is 0 Å². The quantitative estimate of drug-likeness (QED) is 0.0304. The Morgan fingerprint density at radius 1 is 0.577 bits per heavy atom. The molecule has 6 N–H and O–H groups in total. The second-order valence-corrected chi connectivity index (χ2v) is 16.9. The summed E-state index contributed by atoms with van der Waals surface area (Å²) in [5.74, 6) is -0.409. The van der Waals surface area contributed by atoms with Gasteiger partial charge in [0.25, 0.3) is 0 Å². The van der Waals surface area contributed by atoms with Crippen molar-refractivity contribution in [2.24, 2.45) is 5.73 Å². The number of unbranched alkanes of at least 4 members (excludes halogenated alkanes) is 28. The van der Waals surface area contributed by atoms with E-state index in [0.29, 0.717) is 12.8 Å². The maximum Gasteiger partial charge on any atom is 0.472 e. The van der Waals surface area contributed by atoms with E-state index in [4.69, 9.17) is 14.8 Å². The lowest BCUT2D eigenvalue weighted by Gasteiger charge is -2.25. The molecule has 0 bridgehead atoms. The lowest BCUT2D eigenvalue weighted by Crippen LogP contribution is -2.47. The Morgan fingerprint density at radius 2 is 0.923 bits per heavy atom. The summed E-state index contributed by atoms with van der Waals surface area (Å²) in [5, 5.41) is 24.2. The number of phosphoric ester groups is 1. The molecule has 0 aliphatic carbocycles.